The fraction of sp³-hybridized carbons (Fsp3) is 0.0588. The van der Waals surface area contributed by atoms with Crippen molar-refractivity contribution in [3.63, 3.8) is 0 Å². The van der Waals surface area contributed by atoms with Crippen LogP contribution in [0.3, 0.4) is 0 Å². The number of rotatable bonds is 1. The molecule has 0 fully saturated rings. The topological polar surface area (TPSA) is 0 Å². The van der Waals surface area contributed by atoms with Crippen molar-refractivity contribution < 1.29 is 4.39 Å². The molecule has 3 rings (SSSR count). The molecular formula is C17H13F. The fourth-order valence-corrected chi connectivity index (χ4v) is 2.34. The lowest BCUT2D eigenvalue weighted by atomic mass is 9.95. The summed E-state index contributed by atoms with van der Waals surface area (Å²) in [6.07, 6.45) is 0. The maximum absolute atomic E-state index is 13.4. The van der Waals surface area contributed by atoms with E-state index in [-0.39, 0.29) is 5.82 Å². The summed E-state index contributed by atoms with van der Waals surface area (Å²) in [5.41, 5.74) is 3.14. The molecule has 3 aromatic carbocycles. The SMILES string of the molecule is Cc1ccc(F)cc1-c1cccc2ccccc12. The minimum atomic E-state index is -0.191. The Bertz CT molecular complexity index is 708. The van der Waals surface area contributed by atoms with Crippen molar-refractivity contribution in [3.05, 3.63) is 72.0 Å². The molecule has 0 saturated heterocycles. The first-order chi connectivity index (χ1) is 8.75. The molecule has 1 heteroatoms. The van der Waals surface area contributed by atoms with Gasteiger partial charge in [-0.15, -0.1) is 0 Å². The van der Waals surface area contributed by atoms with E-state index >= 15 is 0 Å². The van der Waals surface area contributed by atoms with E-state index in [2.05, 4.69) is 18.2 Å². The predicted octanol–water partition coefficient (Wildman–Crippen LogP) is 4.95. The maximum atomic E-state index is 13.4. The quantitative estimate of drug-likeness (QED) is 0.560. The Kier molecular flexibility index (Phi) is 2.60. The molecule has 88 valence electrons. The Labute approximate surface area is 106 Å². The highest BCUT2D eigenvalue weighted by Gasteiger charge is 2.06. The zero-order chi connectivity index (χ0) is 12.5. The van der Waals surface area contributed by atoms with Crippen LogP contribution < -0.4 is 0 Å². The molecule has 0 aliphatic heterocycles. The Morgan fingerprint density at radius 2 is 1.56 bits per heavy atom. The molecule has 0 amide bonds. The van der Waals surface area contributed by atoms with Crippen LogP contribution in [0, 0.1) is 12.7 Å². The van der Waals surface area contributed by atoms with E-state index in [1.165, 1.54) is 11.5 Å². The smallest absolute Gasteiger partial charge is 0.123 e. The molecule has 0 atom stereocenters. The molecular weight excluding hydrogens is 223 g/mol. The molecule has 0 aliphatic rings. The van der Waals surface area contributed by atoms with Gasteiger partial charge in [-0.1, -0.05) is 48.5 Å². The predicted molar refractivity (Wildman–Crippen MR) is 74.1 cm³/mol. The van der Waals surface area contributed by atoms with Crippen molar-refractivity contribution in [1.29, 1.82) is 0 Å². The van der Waals surface area contributed by atoms with Crippen molar-refractivity contribution in [2.24, 2.45) is 0 Å². The van der Waals surface area contributed by atoms with E-state index in [9.17, 15) is 4.39 Å². The summed E-state index contributed by atoms with van der Waals surface area (Å²) in [7, 11) is 0. The molecule has 0 heterocycles. The lowest BCUT2D eigenvalue weighted by molar-refractivity contribution is 0.628. The minimum absolute atomic E-state index is 0.191. The monoisotopic (exact) mass is 236 g/mol. The second kappa shape index (κ2) is 4.26. The minimum Gasteiger partial charge on any atom is -0.207 e. The van der Waals surface area contributed by atoms with Gasteiger partial charge in [-0.3, -0.25) is 0 Å². The zero-order valence-electron chi connectivity index (χ0n) is 10.2. The third kappa shape index (κ3) is 1.78. The summed E-state index contributed by atoms with van der Waals surface area (Å²) in [4.78, 5) is 0. The highest BCUT2D eigenvalue weighted by Crippen LogP contribution is 2.31. The van der Waals surface area contributed by atoms with E-state index in [4.69, 9.17) is 0 Å². The number of benzene rings is 3. The van der Waals surface area contributed by atoms with E-state index in [1.807, 2.05) is 37.3 Å². The molecule has 0 bridgehead atoms. The molecule has 18 heavy (non-hydrogen) atoms. The second-order valence-electron chi connectivity index (χ2n) is 4.49. The van der Waals surface area contributed by atoms with Crippen LogP contribution in [0.1, 0.15) is 5.56 Å². The van der Waals surface area contributed by atoms with Gasteiger partial charge in [0.2, 0.25) is 0 Å². The number of aryl methyl sites for hydroxylation is 1. The molecule has 3 aromatic rings. The molecule has 0 radical (unpaired) electrons. The Morgan fingerprint density at radius 3 is 2.44 bits per heavy atom. The third-order valence-corrected chi connectivity index (χ3v) is 3.28. The molecule has 0 aromatic heterocycles. The van der Waals surface area contributed by atoms with E-state index in [0.29, 0.717) is 0 Å². The second-order valence-corrected chi connectivity index (χ2v) is 4.49. The zero-order valence-corrected chi connectivity index (χ0v) is 10.2. The Balaban J connectivity index is 2.35. The largest absolute Gasteiger partial charge is 0.207 e. The number of hydrogen-bond acceptors (Lipinski definition) is 0. The molecule has 0 saturated carbocycles. The molecule has 0 nitrogen and oxygen atoms in total. The fourth-order valence-electron chi connectivity index (χ4n) is 2.34. The van der Waals surface area contributed by atoms with Gasteiger partial charge in [0, 0.05) is 0 Å². The van der Waals surface area contributed by atoms with Gasteiger partial charge in [0.25, 0.3) is 0 Å². The van der Waals surface area contributed by atoms with Crippen molar-refractivity contribution >= 4 is 10.8 Å². The van der Waals surface area contributed by atoms with Gasteiger partial charge in [0.15, 0.2) is 0 Å². The summed E-state index contributed by atoms with van der Waals surface area (Å²) in [6.45, 7) is 2.01. The normalized spacial score (nSPS) is 10.8. The first-order valence-electron chi connectivity index (χ1n) is 6.00. The van der Waals surface area contributed by atoms with E-state index < -0.39 is 0 Å². The number of halogens is 1. The average molecular weight is 236 g/mol. The van der Waals surface area contributed by atoms with Crippen LogP contribution in [0.2, 0.25) is 0 Å². The third-order valence-electron chi connectivity index (χ3n) is 3.28. The van der Waals surface area contributed by atoms with Crippen molar-refractivity contribution in [2.45, 2.75) is 6.92 Å². The summed E-state index contributed by atoms with van der Waals surface area (Å²) in [5.74, 6) is -0.191. The first kappa shape index (κ1) is 11.0. The van der Waals surface area contributed by atoms with Crippen LogP contribution in [0.25, 0.3) is 21.9 Å². The van der Waals surface area contributed by atoms with Crippen LogP contribution in [-0.2, 0) is 0 Å². The van der Waals surface area contributed by atoms with Gasteiger partial charge in [0.05, 0.1) is 0 Å². The van der Waals surface area contributed by atoms with Crippen LogP contribution in [0.4, 0.5) is 4.39 Å². The summed E-state index contributed by atoms with van der Waals surface area (Å²) in [6, 6.07) is 19.3. The van der Waals surface area contributed by atoms with Crippen molar-refractivity contribution in [3.8, 4) is 11.1 Å². The highest BCUT2D eigenvalue weighted by atomic mass is 19.1. The van der Waals surface area contributed by atoms with Gasteiger partial charge in [0.1, 0.15) is 5.82 Å². The Hall–Kier alpha value is -2.15. The van der Waals surface area contributed by atoms with Crippen LogP contribution in [0.5, 0.6) is 0 Å². The van der Waals surface area contributed by atoms with E-state index in [1.54, 1.807) is 6.07 Å². The lowest BCUT2D eigenvalue weighted by Crippen LogP contribution is -1.87. The van der Waals surface area contributed by atoms with Crippen LogP contribution >= 0.6 is 0 Å². The van der Waals surface area contributed by atoms with Gasteiger partial charge in [-0.05, 0) is 46.5 Å². The highest BCUT2D eigenvalue weighted by molar-refractivity contribution is 5.97. The Morgan fingerprint density at radius 1 is 0.778 bits per heavy atom. The molecule has 0 N–H and O–H groups in total. The standard InChI is InChI=1S/C17H13F/c1-12-9-10-14(18)11-17(12)16-8-4-6-13-5-2-3-7-15(13)16/h2-11H,1H3. The van der Waals surface area contributed by atoms with Crippen molar-refractivity contribution in [2.75, 3.05) is 0 Å². The summed E-state index contributed by atoms with van der Waals surface area (Å²) >= 11 is 0. The van der Waals surface area contributed by atoms with Gasteiger partial charge in [-0.2, -0.15) is 0 Å². The maximum Gasteiger partial charge on any atom is 0.123 e. The van der Waals surface area contributed by atoms with Gasteiger partial charge >= 0.3 is 0 Å². The summed E-state index contributed by atoms with van der Waals surface area (Å²) < 4.78 is 13.4. The van der Waals surface area contributed by atoms with E-state index in [0.717, 1.165) is 22.1 Å². The molecule has 0 aliphatic carbocycles. The molecule has 0 spiro atoms. The van der Waals surface area contributed by atoms with Crippen LogP contribution in [0.15, 0.2) is 60.7 Å². The summed E-state index contributed by atoms with van der Waals surface area (Å²) in [5, 5.41) is 2.34. The van der Waals surface area contributed by atoms with Gasteiger partial charge in [-0.25, -0.2) is 4.39 Å². The van der Waals surface area contributed by atoms with Crippen molar-refractivity contribution in [1.82, 2.24) is 0 Å². The number of fused-ring (bicyclic) bond motifs is 1. The molecule has 0 unspecified atom stereocenters. The van der Waals surface area contributed by atoms with Crippen LogP contribution in [-0.4, -0.2) is 0 Å². The average Bonchev–Trinajstić information content (AvgIpc) is 2.41. The lowest BCUT2D eigenvalue weighted by Gasteiger charge is -2.09. The first-order valence-corrected chi connectivity index (χ1v) is 6.00. The van der Waals surface area contributed by atoms with Gasteiger partial charge < -0.3 is 0 Å². The number of hydrogen-bond donors (Lipinski definition) is 0.